The third kappa shape index (κ3) is 4.36. The molecule has 0 fully saturated rings. The highest BCUT2D eigenvalue weighted by Crippen LogP contribution is 2.19. The number of aliphatic carboxylic acids is 1. The average molecular weight is 355 g/mol. The number of benzene rings is 2. The highest BCUT2D eigenvalue weighted by atomic mass is 79.9. The van der Waals surface area contributed by atoms with Crippen molar-refractivity contribution in [3.8, 4) is 0 Å². The van der Waals surface area contributed by atoms with Crippen molar-refractivity contribution in [2.45, 2.75) is 12.8 Å². The minimum Gasteiger partial charge on any atom is -0.481 e. The Kier molecular flexibility index (Phi) is 5.07. The van der Waals surface area contributed by atoms with Crippen LogP contribution in [0, 0.1) is 17.6 Å². The lowest BCUT2D eigenvalue weighted by Gasteiger charge is -2.13. The number of halogens is 3. The zero-order valence-corrected chi connectivity index (χ0v) is 12.6. The molecule has 2 nitrogen and oxygen atoms in total. The smallest absolute Gasteiger partial charge is 0.307 e. The molecule has 0 aliphatic rings. The lowest BCUT2D eigenvalue weighted by Crippen LogP contribution is -2.19. The Morgan fingerprint density at radius 1 is 1.10 bits per heavy atom. The monoisotopic (exact) mass is 354 g/mol. The topological polar surface area (TPSA) is 37.3 Å². The third-order valence-electron chi connectivity index (χ3n) is 3.23. The molecule has 0 amide bonds. The summed E-state index contributed by atoms with van der Waals surface area (Å²) < 4.78 is 27.4. The van der Waals surface area contributed by atoms with Crippen LogP contribution in [-0.4, -0.2) is 11.1 Å². The summed E-state index contributed by atoms with van der Waals surface area (Å²) in [5.41, 5.74) is 1.06. The molecule has 0 heterocycles. The molecule has 0 radical (unpaired) electrons. The van der Waals surface area contributed by atoms with Crippen LogP contribution in [0.15, 0.2) is 46.9 Å². The molecular formula is C16H13BrF2O2. The van der Waals surface area contributed by atoms with Gasteiger partial charge in [-0.3, -0.25) is 4.79 Å². The Morgan fingerprint density at radius 2 is 1.76 bits per heavy atom. The average Bonchev–Trinajstić information content (AvgIpc) is 2.43. The second-order valence-corrected chi connectivity index (χ2v) is 5.72. The van der Waals surface area contributed by atoms with E-state index in [2.05, 4.69) is 15.9 Å². The lowest BCUT2D eigenvalue weighted by molar-refractivity contribution is -0.141. The summed E-state index contributed by atoms with van der Waals surface area (Å²) >= 11 is 3.31. The predicted molar refractivity (Wildman–Crippen MR) is 79.0 cm³/mol. The number of hydrogen-bond donors (Lipinski definition) is 1. The van der Waals surface area contributed by atoms with Crippen molar-refractivity contribution in [1.82, 2.24) is 0 Å². The van der Waals surface area contributed by atoms with Gasteiger partial charge in [0.25, 0.3) is 0 Å². The second kappa shape index (κ2) is 6.80. The number of carbonyl (C=O) groups is 1. The van der Waals surface area contributed by atoms with E-state index >= 15 is 0 Å². The molecule has 2 rings (SSSR count). The van der Waals surface area contributed by atoms with Gasteiger partial charge in [-0.15, -0.1) is 0 Å². The molecule has 110 valence electrons. The van der Waals surface area contributed by atoms with Gasteiger partial charge in [0, 0.05) is 10.5 Å². The summed E-state index contributed by atoms with van der Waals surface area (Å²) in [7, 11) is 0. The summed E-state index contributed by atoms with van der Waals surface area (Å²) in [6, 6.07) is 10.5. The van der Waals surface area contributed by atoms with Gasteiger partial charge in [-0.05, 0) is 42.2 Å². The van der Waals surface area contributed by atoms with Crippen LogP contribution in [0.4, 0.5) is 8.78 Å². The number of carboxylic acid groups (broad SMARTS) is 1. The number of rotatable bonds is 5. The van der Waals surface area contributed by atoms with Crippen molar-refractivity contribution < 1.29 is 18.7 Å². The molecule has 5 heteroatoms. The summed E-state index contributed by atoms with van der Waals surface area (Å²) in [4.78, 5) is 11.3. The molecule has 0 aliphatic heterocycles. The first-order chi connectivity index (χ1) is 9.95. The van der Waals surface area contributed by atoms with Crippen LogP contribution in [0.1, 0.15) is 11.1 Å². The van der Waals surface area contributed by atoms with Gasteiger partial charge in [0.05, 0.1) is 5.92 Å². The Balaban J connectivity index is 2.15. The highest BCUT2D eigenvalue weighted by molar-refractivity contribution is 9.10. The Labute approximate surface area is 129 Å². The van der Waals surface area contributed by atoms with Crippen molar-refractivity contribution in [2.24, 2.45) is 5.92 Å². The highest BCUT2D eigenvalue weighted by Gasteiger charge is 2.20. The van der Waals surface area contributed by atoms with Crippen LogP contribution in [-0.2, 0) is 17.6 Å². The first-order valence-corrected chi connectivity index (χ1v) is 7.16. The molecular weight excluding hydrogens is 342 g/mol. The summed E-state index contributed by atoms with van der Waals surface area (Å²) in [5, 5.41) is 9.29. The normalized spacial score (nSPS) is 12.1. The molecule has 2 aromatic carbocycles. The van der Waals surface area contributed by atoms with Crippen molar-refractivity contribution in [2.75, 3.05) is 0 Å². The van der Waals surface area contributed by atoms with E-state index in [-0.39, 0.29) is 12.0 Å². The molecule has 21 heavy (non-hydrogen) atoms. The second-order valence-electron chi connectivity index (χ2n) is 4.81. The third-order valence-corrected chi connectivity index (χ3v) is 3.75. The maximum atomic E-state index is 13.6. The predicted octanol–water partition coefficient (Wildman–Crippen LogP) is 4.21. The minimum atomic E-state index is -0.998. The fraction of sp³-hybridized carbons (Fsp3) is 0.188. The van der Waals surface area contributed by atoms with Gasteiger partial charge in [-0.25, -0.2) is 8.78 Å². The molecule has 1 N–H and O–H groups in total. The maximum absolute atomic E-state index is 13.6. The lowest BCUT2D eigenvalue weighted by atomic mass is 9.92. The van der Waals surface area contributed by atoms with Crippen molar-refractivity contribution in [1.29, 1.82) is 0 Å². The largest absolute Gasteiger partial charge is 0.481 e. The van der Waals surface area contributed by atoms with E-state index in [1.165, 1.54) is 6.07 Å². The molecule has 0 saturated carbocycles. The van der Waals surface area contributed by atoms with Crippen LogP contribution in [0.3, 0.4) is 0 Å². The quantitative estimate of drug-likeness (QED) is 0.872. The van der Waals surface area contributed by atoms with Gasteiger partial charge < -0.3 is 5.11 Å². The van der Waals surface area contributed by atoms with Gasteiger partial charge in [0.15, 0.2) is 0 Å². The number of hydrogen-bond acceptors (Lipinski definition) is 1. The summed E-state index contributed by atoms with van der Waals surface area (Å²) in [6.07, 6.45) is 0.316. The van der Waals surface area contributed by atoms with E-state index < -0.39 is 23.5 Å². The zero-order chi connectivity index (χ0) is 15.4. The molecule has 0 spiro atoms. The van der Waals surface area contributed by atoms with Crippen LogP contribution in [0.2, 0.25) is 0 Å². The first kappa shape index (κ1) is 15.6. The summed E-state index contributed by atoms with van der Waals surface area (Å²) in [5.74, 6) is -3.14. The van der Waals surface area contributed by atoms with E-state index in [4.69, 9.17) is 0 Å². The molecule has 0 aliphatic carbocycles. The van der Waals surface area contributed by atoms with Crippen LogP contribution in [0.25, 0.3) is 0 Å². The molecule has 0 aromatic heterocycles. The molecule has 0 saturated heterocycles. The Morgan fingerprint density at radius 3 is 2.33 bits per heavy atom. The van der Waals surface area contributed by atoms with Crippen molar-refractivity contribution in [3.63, 3.8) is 0 Å². The van der Waals surface area contributed by atoms with E-state index in [0.717, 1.165) is 22.2 Å². The Hall–Kier alpha value is -1.75. The molecule has 1 atom stereocenters. The van der Waals surface area contributed by atoms with Gasteiger partial charge in [0.1, 0.15) is 11.6 Å². The van der Waals surface area contributed by atoms with E-state index in [1.807, 2.05) is 24.3 Å². The first-order valence-electron chi connectivity index (χ1n) is 6.37. The molecule has 1 unspecified atom stereocenters. The van der Waals surface area contributed by atoms with Gasteiger partial charge in [-0.1, -0.05) is 34.1 Å². The van der Waals surface area contributed by atoms with Gasteiger partial charge >= 0.3 is 5.97 Å². The van der Waals surface area contributed by atoms with E-state index in [0.29, 0.717) is 6.42 Å². The fourth-order valence-corrected chi connectivity index (χ4v) is 2.37. The minimum absolute atomic E-state index is 0.0253. The van der Waals surface area contributed by atoms with Gasteiger partial charge in [-0.2, -0.15) is 0 Å². The van der Waals surface area contributed by atoms with Gasteiger partial charge in [0.2, 0.25) is 0 Å². The van der Waals surface area contributed by atoms with Crippen LogP contribution in [0.5, 0.6) is 0 Å². The SMILES string of the molecule is O=C(O)C(Cc1ccc(Br)cc1)Cc1ccc(F)cc1F. The zero-order valence-electron chi connectivity index (χ0n) is 11.0. The molecule has 2 aromatic rings. The fourth-order valence-electron chi connectivity index (χ4n) is 2.10. The standard InChI is InChI=1S/C16H13BrF2O2/c17-13-4-1-10(2-5-13)7-12(16(20)21)8-11-3-6-14(18)9-15(11)19/h1-6,9,12H,7-8H2,(H,20,21). The maximum Gasteiger partial charge on any atom is 0.307 e. The van der Waals surface area contributed by atoms with E-state index in [9.17, 15) is 18.7 Å². The van der Waals surface area contributed by atoms with Crippen molar-refractivity contribution >= 4 is 21.9 Å². The van der Waals surface area contributed by atoms with Crippen molar-refractivity contribution in [3.05, 3.63) is 69.7 Å². The van der Waals surface area contributed by atoms with Crippen LogP contribution < -0.4 is 0 Å². The summed E-state index contributed by atoms with van der Waals surface area (Å²) in [6.45, 7) is 0. The Bertz CT molecular complexity index is 641. The number of carboxylic acids is 1. The molecule has 0 bridgehead atoms. The van der Waals surface area contributed by atoms with Crippen LogP contribution >= 0.6 is 15.9 Å². The van der Waals surface area contributed by atoms with E-state index in [1.54, 1.807) is 0 Å².